The summed E-state index contributed by atoms with van der Waals surface area (Å²) >= 11 is 0. The van der Waals surface area contributed by atoms with Crippen LogP contribution in [0.15, 0.2) is 0 Å². The summed E-state index contributed by atoms with van der Waals surface area (Å²) in [5, 5.41) is 0. The molecule has 104 valence electrons. The van der Waals surface area contributed by atoms with Crippen LogP contribution in [-0.4, -0.2) is 19.6 Å². The topological polar surface area (TPSA) is 78.1 Å². The lowest BCUT2D eigenvalue weighted by Gasteiger charge is -2.70. The Bertz CT molecular complexity index is 248. The quantitative estimate of drug-likeness (QED) is 0.710. The van der Waals surface area contributed by atoms with Gasteiger partial charge in [-0.2, -0.15) is 0 Å². The largest absolute Gasteiger partial charge is 0.330 e. The van der Waals surface area contributed by atoms with Crippen molar-refractivity contribution < 1.29 is 0 Å². The summed E-state index contributed by atoms with van der Waals surface area (Å²) in [6.07, 6.45) is 9.05. The van der Waals surface area contributed by atoms with E-state index in [0.29, 0.717) is 21.7 Å². The van der Waals surface area contributed by atoms with Crippen LogP contribution in [-0.2, 0) is 0 Å². The number of rotatable bonds is 4. The molecule has 0 aromatic carbocycles. The summed E-state index contributed by atoms with van der Waals surface area (Å²) in [5.74, 6) is 0. The van der Waals surface area contributed by atoms with Gasteiger partial charge in [-0.1, -0.05) is 13.3 Å². The zero-order chi connectivity index (χ0) is 13.1. The molecule has 0 aromatic rings. The van der Waals surface area contributed by atoms with E-state index in [0.717, 1.165) is 19.6 Å². The first-order valence-corrected chi connectivity index (χ1v) is 7.59. The van der Waals surface area contributed by atoms with Gasteiger partial charge in [0.2, 0.25) is 0 Å². The van der Waals surface area contributed by atoms with E-state index in [9.17, 15) is 0 Å². The van der Waals surface area contributed by atoms with Crippen LogP contribution in [0.2, 0.25) is 0 Å². The van der Waals surface area contributed by atoms with Gasteiger partial charge in [0.25, 0.3) is 0 Å². The van der Waals surface area contributed by atoms with Gasteiger partial charge in [-0.05, 0) is 79.8 Å². The summed E-state index contributed by atoms with van der Waals surface area (Å²) in [5.41, 5.74) is 20.1. The van der Waals surface area contributed by atoms with Gasteiger partial charge in [0.1, 0.15) is 0 Å². The van der Waals surface area contributed by atoms with Gasteiger partial charge in [-0.3, -0.25) is 0 Å². The molecule has 0 unspecified atom stereocenters. The lowest BCUT2D eigenvalue weighted by atomic mass is 9.35. The van der Waals surface area contributed by atoms with Crippen molar-refractivity contribution in [3.63, 3.8) is 0 Å². The molecule has 4 saturated carbocycles. The van der Waals surface area contributed by atoms with Crippen LogP contribution in [0.1, 0.15) is 51.9 Å². The Balaban J connectivity index is 2.06. The van der Waals surface area contributed by atoms with Crippen molar-refractivity contribution in [1.29, 1.82) is 0 Å². The highest BCUT2D eigenvalue weighted by atomic mass is 14.8. The van der Waals surface area contributed by atoms with Crippen LogP contribution in [0.25, 0.3) is 0 Å². The van der Waals surface area contributed by atoms with E-state index in [1.807, 2.05) is 0 Å². The van der Waals surface area contributed by atoms with Crippen molar-refractivity contribution in [1.82, 2.24) is 0 Å². The number of nitrogens with two attached hydrogens (primary N) is 3. The second-order valence-electron chi connectivity index (χ2n) is 8.03. The second kappa shape index (κ2) is 3.71. The average Bonchev–Trinajstić information content (AvgIpc) is 2.37. The molecule has 0 aliphatic heterocycles. The van der Waals surface area contributed by atoms with Crippen molar-refractivity contribution in [2.24, 2.45) is 38.9 Å². The van der Waals surface area contributed by atoms with Gasteiger partial charge in [0, 0.05) is 0 Å². The molecule has 0 aromatic heterocycles. The smallest absolute Gasteiger partial charge is 0.00199 e. The Morgan fingerprint density at radius 3 is 1.11 bits per heavy atom. The van der Waals surface area contributed by atoms with E-state index in [1.54, 1.807) is 0 Å². The molecule has 0 amide bonds. The molecular weight excluding hydrogens is 222 g/mol. The monoisotopic (exact) mass is 251 g/mol. The Hall–Kier alpha value is -0.120. The maximum atomic E-state index is 6.19. The normalized spacial score (nSPS) is 54.0. The van der Waals surface area contributed by atoms with Crippen LogP contribution in [0.3, 0.4) is 0 Å². The molecule has 18 heavy (non-hydrogen) atoms. The third-order valence-electron chi connectivity index (χ3n) is 6.55. The molecule has 4 fully saturated rings. The van der Waals surface area contributed by atoms with E-state index in [1.165, 1.54) is 44.9 Å². The van der Waals surface area contributed by atoms with Gasteiger partial charge < -0.3 is 17.2 Å². The molecule has 0 atom stereocenters. The Kier molecular flexibility index (Phi) is 2.66. The maximum absolute atomic E-state index is 6.19. The van der Waals surface area contributed by atoms with Gasteiger partial charge in [0.15, 0.2) is 0 Å². The molecule has 0 spiro atoms. The Morgan fingerprint density at radius 1 is 0.611 bits per heavy atom. The van der Waals surface area contributed by atoms with Gasteiger partial charge in [-0.25, -0.2) is 0 Å². The van der Waals surface area contributed by atoms with Crippen molar-refractivity contribution in [2.45, 2.75) is 51.9 Å². The van der Waals surface area contributed by atoms with E-state index < -0.39 is 0 Å². The fourth-order valence-electron chi connectivity index (χ4n) is 6.55. The molecule has 4 aliphatic carbocycles. The van der Waals surface area contributed by atoms with Crippen LogP contribution in [0, 0.1) is 21.7 Å². The Morgan fingerprint density at radius 2 is 0.889 bits per heavy atom. The molecule has 0 radical (unpaired) electrons. The first-order chi connectivity index (χ1) is 8.49. The minimum atomic E-state index is 0.351. The predicted octanol–water partition coefficient (Wildman–Crippen LogP) is 1.60. The summed E-state index contributed by atoms with van der Waals surface area (Å²) in [6, 6.07) is 0. The zero-order valence-electron chi connectivity index (χ0n) is 11.8. The Labute approximate surface area is 111 Å². The average molecular weight is 251 g/mol. The van der Waals surface area contributed by atoms with Crippen LogP contribution in [0.5, 0.6) is 0 Å². The first-order valence-electron chi connectivity index (χ1n) is 7.59. The first kappa shape index (κ1) is 12.9. The third-order valence-corrected chi connectivity index (χ3v) is 6.55. The lowest BCUT2D eigenvalue weighted by Crippen LogP contribution is -2.65. The van der Waals surface area contributed by atoms with Gasteiger partial charge in [0.05, 0.1) is 0 Å². The second-order valence-corrected chi connectivity index (χ2v) is 8.03. The van der Waals surface area contributed by atoms with Crippen molar-refractivity contribution in [2.75, 3.05) is 19.6 Å². The number of hydrogen-bond acceptors (Lipinski definition) is 3. The van der Waals surface area contributed by atoms with Crippen LogP contribution in [0.4, 0.5) is 0 Å². The van der Waals surface area contributed by atoms with Crippen molar-refractivity contribution >= 4 is 0 Å². The maximum Gasteiger partial charge on any atom is -0.00199 e. The van der Waals surface area contributed by atoms with E-state index in [2.05, 4.69) is 6.92 Å². The predicted molar refractivity (Wildman–Crippen MR) is 74.9 cm³/mol. The standard InChI is InChI=1S/C15H29N3/c1-2-12-3-13(9-16)6-14(4-12,10-17)8-15(5-12,7-13)11-18/h2-11,16-18H2,1H3. The molecule has 4 bridgehead atoms. The summed E-state index contributed by atoms with van der Waals surface area (Å²) in [7, 11) is 0. The highest BCUT2D eigenvalue weighted by molar-refractivity contribution is 5.17. The SMILES string of the molecule is CCC12CC3(CN)CC(CN)(C1)CC(CN)(C2)C3. The molecule has 0 heterocycles. The molecule has 6 N–H and O–H groups in total. The van der Waals surface area contributed by atoms with E-state index in [-0.39, 0.29) is 0 Å². The van der Waals surface area contributed by atoms with Crippen molar-refractivity contribution in [3.05, 3.63) is 0 Å². The molecule has 0 saturated heterocycles. The molecule has 4 rings (SSSR count). The highest BCUT2D eigenvalue weighted by Gasteiger charge is 2.66. The van der Waals surface area contributed by atoms with Gasteiger partial charge >= 0.3 is 0 Å². The van der Waals surface area contributed by atoms with Crippen LogP contribution < -0.4 is 17.2 Å². The highest BCUT2D eigenvalue weighted by Crippen LogP contribution is 2.73. The minimum absolute atomic E-state index is 0.351. The molecule has 3 nitrogen and oxygen atoms in total. The fraction of sp³-hybridized carbons (Fsp3) is 1.00. The zero-order valence-corrected chi connectivity index (χ0v) is 11.8. The van der Waals surface area contributed by atoms with E-state index in [4.69, 9.17) is 17.2 Å². The van der Waals surface area contributed by atoms with E-state index >= 15 is 0 Å². The van der Waals surface area contributed by atoms with Crippen LogP contribution >= 0.6 is 0 Å². The third kappa shape index (κ3) is 1.53. The minimum Gasteiger partial charge on any atom is -0.330 e. The van der Waals surface area contributed by atoms with Crippen molar-refractivity contribution in [3.8, 4) is 0 Å². The lowest BCUT2D eigenvalue weighted by molar-refractivity contribution is -0.192. The number of hydrogen-bond donors (Lipinski definition) is 3. The summed E-state index contributed by atoms with van der Waals surface area (Å²) in [4.78, 5) is 0. The van der Waals surface area contributed by atoms with Gasteiger partial charge in [-0.15, -0.1) is 0 Å². The fourth-order valence-corrected chi connectivity index (χ4v) is 6.55. The summed E-state index contributed by atoms with van der Waals surface area (Å²) < 4.78 is 0. The summed E-state index contributed by atoms with van der Waals surface area (Å²) in [6.45, 7) is 4.85. The molecule has 4 aliphatic rings. The molecule has 3 heteroatoms. The molecular formula is C15H29N3.